The number of hydrogen-bond donors (Lipinski definition) is 1. The van der Waals surface area contributed by atoms with Gasteiger partial charge in [-0.3, -0.25) is 4.79 Å². The molecular weight excluding hydrogens is 370 g/mol. The van der Waals surface area contributed by atoms with E-state index in [-0.39, 0.29) is 22.8 Å². The molecule has 1 saturated heterocycles. The lowest BCUT2D eigenvalue weighted by Crippen LogP contribution is -2.43. The van der Waals surface area contributed by atoms with Crippen LogP contribution < -0.4 is 4.90 Å². The van der Waals surface area contributed by atoms with Crippen LogP contribution in [0.4, 0.5) is 5.69 Å². The molecule has 0 unspecified atom stereocenters. The van der Waals surface area contributed by atoms with E-state index in [1.54, 1.807) is 30.3 Å². The molecule has 142 valence electrons. The number of carbonyl (C=O) groups excluding carboxylic acids is 2. The second kappa shape index (κ2) is 7.79. The van der Waals surface area contributed by atoms with Crippen LogP contribution >= 0.6 is 0 Å². The lowest BCUT2D eigenvalue weighted by atomic mass is 10.2. The quantitative estimate of drug-likeness (QED) is 0.782. The van der Waals surface area contributed by atoms with Crippen LogP contribution in [0.2, 0.25) is 0 Å². The number of anilines is 1. The molecule has 0 aromatic heterocycles. The van der Waals surface area contributed by atoms with Crippen molar-refractivity contribution in [3.63, 3.8) is 0 Å². The van der Waals surface area contributed by atoms with Gasteiger partial charge < -0.3 is 14.7 Å². The molecule has 27 heavy (non-hydrogen) atoms. The third-order valence-electron chi connectivity index (χ3n) is 4.29. The fourth-order valence-corrected chi connectivity index (χ4v) is 4.74. The predicted octanol–water partition coefficient (Wildman–Crippen LogP) is 1.77. The fourth-order valence-electron chi connectivity index (χ4n) is 3.04. The average Bonchev–Trinajstić information content (AvgIpc) is 3.00. The number of para-hydroxylation sites is 1. The van der Waals surface area contributed by atoms with Crippen molar-refractivity contribution < 1.29 is 27.9 Å². The number of esters is 1. The summed E-state index contributed by atoms with van der Waals surface area (Å²) >= 11 is 0. The summed E-state index contributed by atoms with van der Waals surface area (Å²) in [7, 11) is -3.19. The number of sulfone groups is 1. The maximum atomic E-state index is 12.7. The standard InChI is InChI=1S/C19H19NO6S/c21-17-8-4-5-14(11-17)19(23)26-12-18(22)20(15-6-2-1-3-7-15)16-9-10-27(24,25)13-16/h1-8,11,16,21H,9-10,12-13H2/t16-/m0/s1. The van der Waals surface area contributed by atoms with Gasteiger partial charge in [-0.25, -0.2) is 13.2 Å². The maximum Gasteiger partial charge on any atom is 0.338 e. The number of hydrogen-bond acceptors (Lipinski definition) is 6. The van der Waals surface area contributed by atoms with Crippen molar-refractivity contribution >= 4 is 27.4 Å². The molecule has 7 nitrogen and oxygen atoms in total. The lowest BCUT2D eigenvalue weighted by Gasteiger charge is -2.28. The van der Waals surface area contributed by atoms with Crippen molar-refractivity contribution in [2.75, 3.05) is 23.0 Å². The predicted molar refractivity (Wildman–Crippen MR) is 99.4 cm³/mol. The molecule has 0 spiro atoms. The Morgan fingerprint density at radius 1 is 1.11 bits per heavy atom. The van der Waals surface area contributed by atoms with Crippen LogP contribution in [0.25, 0.3) is 0 Å². The zero-order chi connectivity index (χ0) is 19.4. The van der Waals surface area contributed by atoms with Crippen molar-refractivity contribution in [1.82, 2.24) is 0 Å². The zero-order valence-corrected chi connectivity index (χ0v) is 15.3. The number of benzene rings is 2. The number of phenolic OH excluding ortho intramolecular Hbond substituents is 1. The van der Waals surface area contributed by atoms with Crippen LogP contribution in [0.5, 0.6) is 5.75 Å². The number of amides is 1. The summed E-state index contributed by atoms with van der Waals surface area (Å²) in [4.78, 5) is 26.2. The number of nitrogens with zero attached hydrogens (tertiary/aromatic N) is 1. The summed E-state index contributed by atoms with van der Waals surface area (Å²) < 4.78 is 28.7. The van der Waals surface area contributed by atoms with Gasteiger partial charge in [-0.2, -0.15) is 0 Å². The highest BCUT2D eigenvalue weighted by Crippen LogP contribution is 2.24. The van der Waals surface area contributed by atoms with Gasteiger partial charge >= 0.3 is 5.97 Å². The molecule has 1 aliphatic rings. The van der Waals surface area contributed by atoms with Gasteiger partial charge in [0.05, 0.1) is 23.1 Å². The number of aromatic hydroxyl groups is 1. The van der Waals surface area contributed by atoms with Crippen LogP contribution in [0.15, 0.2) is 54.6 Å². The fraction of sp³-hybridized carbons (Fsp3) is 0.263. The Hall–Kier alpha value is -2.87. The van der Waals surface area contributed by atoms with Crippen LogP contribution in [0.3, 0.4) is 0 Å². The summed E-state index contributed by atoms with van der Waals surface area (Å²) in [6.45, 7) is -0.528. The molecule has 1 aliphatic heterocycles. The summed E-state index contributed by atoms with van der Waals surface area (Å²) in [6.07, 6.45) is 0.337. The molecule has 1 N–H and O–H groups in total. The molecule has 1 amide bonds. The summed E-state index contributed by atoms with van der Waals surface area (Å²) in [5.41, 5.74) is 0.676. The first-order chi connectivity index (χ1) is 12.9. The van der Waals surface area contributed by atoms with Crippen LogP contribution in [-0.2, 0) is 19.4 Å². The highest BCUT2D eigenvalue weighted by molar-refractivity contribution is 7.91. The molecule has 0 aliphatic carbocycles. The molecule has 1 fully saturated rings. The Kier molecular flexibility index (Phi) is 5.46. The molecule has 2 aromatic rings. The van der Waals surface area contributed by atoms with Gasteiger partial charge in [0.2, 0.25) is 0 Å². The molecule has 1 atom stereocenters. The second-order valence-corrected chi connectivity index (χ2v) is 8.51. The summed E-state index contributed by atoms with van der Waals surface area (Å²) in [5, 5.41) is 9.43. The van der Waals surface area contributed by atoms with Crippen LogP contribution in [0.1, 0.15) is 16.8 Å². The first-order valence-corrected chi connectivity index (χ1v) is 10.2. The first kappa shape index (κ1) is 18.9. The van der Waals surface area contributed by atoms with Gasteiger partial charge in [0.25, 0.3) is 5.91 Å². The van der Waals surface area contributed by atoms with E-state index in [0.29, 0.717) is 12.1 Å². The average molecular weight is 389 g/mol. The lowest BCUT2D eigenvalue weighted by molar-refractivity contribution is -0.122. The van der Waals surface area contributed by atoms with Crippen molar-refractivity contribution in [2.45, 2.75) is 12.5 Å². The highest BCUT2D eigenvalue weighted by Gasteiger charge is 2.35. The van der Waals surface area contributed by atoms with Crippen molar-refractivity contribution in [1.29, 1.82) is 0 Å². The van der Waals surface area contributed by atoms with Gasteiger partial charge in [-0.15, -0.1) is 0 Å². The van der Waals surface area contributed by atoms with Crippen molar-refractivity contribution in [3.05, 3.63) is 60.2 Å². The number of phenols is 1. The molecule has 1 heterocycles. The second-order valence-electron chi connectivity index (χ2n) is 6.28. The van der Waals surface area contributed by atoms with Gasteiger partial charge in [0.15, 0.2) is 16.4 Å². The minimum Gasteiger partial charge on any atom is -0.508 e. The maximum absolute atomic E-state index is 12.7. The summed E-state index contributed by atoms with van der Waals surface area (Å²) in [5.74, 6) is -1.42. The Morgan fingerprint density at radius 3 is 2.48 bits per heavy atom. The number of rotatable bonds is 5. The van der Waals surface area contributed by atoms with E-state index >= 15 is 0 Å². The Balaban J connectivity index is 1.74. The smallest absolute Gasteiger partial charge is 0.338 e. The number of ether oxygens (including phenoxy) is 1. The van der Waals surface area contributed by atoms with Gasteiger partial charge in [0, 0.05) is 5.69 Å². The van der Waals surface area contributed by atoms with Gasteiger partial charge in [-0.1, -0.05) is 24.3 Å². The molecular formula is C19H19NO6S. The third kappa shape index (κ3) is 4.65. The molecule has 0 saturated carbocycles. The Bertz CT molecular complexity index is 942. The zero-order valence-electron chi connectivity index (χ0n) is 14.4. The van der Waals surface area contributed by atoms with Crippen LogP contribution in [0, 0.1) is 0 Å². The molecule has 3 rings (SSSR count). The van der Waals surface area contributed by atoms with Crippen molar-refractivity contribution in [2.24, 2.45) is 0 Å². The first-order valence-electron chi connectivity index (χ1n) is 8.39. The van der Waals surface area contributed by atoms with E-state index < -0.39 is 34.4 Å². The third-order valence-corrected chi connectivity index (χ3v) is 6.04. The van der Waals surface area contributed by atoms with E-state index in [0.717, 1.165) is 0 Å². The van der Waals surface area contributed by atoms with Gasteiger partial charge in [-0.05, 0) is 36.8 Å². The topological polar surface area (TPSA) is 101 Å². The SMILES string of the molecule is O=C(OCC(=O)N(c1ccccc1)[C@H]1CCS(=O)(=O)C1)c1cccc(O)c1. The molecule has 0 bridgehead atoms. The highest BCUT2D eigenvalue weighted by atomic mass is 32.2. The minimum atomic E-state index is -3.19. The van der Waals surface area contributed by atoms with Gasteiger partial charge in [0.1, 0.15) is 5.75 Å². The normalized spacial score (nSPS) is 18.0. The van der Waals surface area contributed by atoms with E-state index in [1.165, 1.54) is 29.2 Å². The summed E-state index contributed by atoms with van der Waals surface area (Å²) in [6, 6.07) is 13.8. The molecule has 8 heteroatoms. The monoisotopic (exact) mass is 389 g/mol. The van der Waals surface area contributed by atoms with E-state index in [4.69, 9.17) is 4.74 Å². The van der Waals surface area contributed by atoms with E-state index in [2.05, 4.69) is 0 Å². The Morgan fingerprint density at radius 2 is 1.85 bits per heavy atom. The van der Waals surface area contributed by atoms with E-state index in [9.17, 15) is 23.1 Å². The van der Waals surface area contributed by atoms with E-state index in [1.807, 2.05) is 0 Å². The molecule has 0 radical (unpaired) electrons. The largest absolute Gasteiger partial charge is 0.508 e. The van der Waals surface area contributed by atoms with Crippen molar-refractivity contribution in [3.8, 4) is 5.75 Å². The molecule has 2 aromatic carbocycles. The number of carbonyl (C=O) groups is 2. The Labute approximate surface area is 157 Å². The van der Waals surface area contributed by atoms with Crippen LogP contribution in [-0.4, -0.2) is 49.6 Å². The minimum absolute atomic E-state index is 0.0252.